The number of amides is 1. The van der Waals surface area contributed by atoms with E-state index in [1.807, 2.05) is 54.9 Å². The van der Waals surface area contributed by atoms with E-state index in [2.05, 4.69) is 31.3 Å². The zero-order valence-corrected chi connectivity index (χ0v) is 20.7. The van der Waals surface area contributed by atoms with Crippen molar-refractivity contribution in [2.45, 2.75) is 47.1 Å². The number of carbonyl (C=O) groups excluding carboxylic acids is 1. The molecular formula is C27H29ClN4O2. The maximum Gasteiger partial charge on any atom is 0.220 e. The number of rotatable bonds is 8. The number of ether oxygens (including phenoxy) is 1. The Morgan fingerprint density at radius 1 is 1.12 bits per heavy atom. The van der Waals surface area contributed by atoms with E-state index in [1.54, 1.807) is 0 Å². The third kappa shape index (κ3) is 5.07. The third-order valence-corrected chi connectivity index (χ3v) is 6.11. The summed E-state index contributed by atoms with van der Waals surface area (Å²) in [6.45, 7) is 9.00. The van der Waals surface area contributed by atoms with Gasteiger partial charge in [0.2, 0.25) is 11.8 Å². The molecule has 176 valence electrons. The van der Waals surface area contributed by atoms with Gasteiger partial charge >= 0.3 is 0 Å². The van der Waals surface area contributed by atoms with Crippen LogP contribution in [0.4, 0.5) is 0 Å². The molecule has 34 heavy (non-hydrogen) atoms. The first-order valence-corrected chi connectivity index (χ1v) is 11.8. The van der Waals surface area contributed by atoms with E-state index in [-0.39, 0.29) is 5.91 Å². The van der Waals surface area contributed by atoms with E-state index in [0.29, 0.717) is 36.9 Å². The second-order valence-electron chi connectivity index (χ2n) is 8.39. The van der Waals surface area contributed by atoms with Gasteiger partial charge in [-0.25, -0.2) is 4.68 Å². The quantitative estimate of drug-likeness (QED) is 0.357. The molecule has 1 amide bonds. The van der Waals surface area contributed by atoms with Crippen LogP contribution in [0.25, 0.3) is 16.7 Å². The monoisotopic (exact) mass is 476 g/mol. The number of fused-ring (bicyclic) bond motifs is 1. The maximum atomic E-state index is 12.6. The van der Waals surface area contributed by atoms with Gasteiger partial charge in [0.15, 0.2) is 5.65 Å². The molecule has 1 N–H and O–H groups in total. The lowest BCUT2D eigenvalue weighted by molar-refractivity contribution is -0.121. The van der Waals surface area contributed by atoms with E-state index in [1.165, 1.54) is 0 Å². The topological polar surface area (TPSA) is 69.0 Å². The lowest BCUT2D eigenvalue weighted by atomic mass is 10.0. The van der Waals surface area contributed by atoms with E-state index < -0.39 is 0 Å². The van der Waals surface area contributed by atoms with Gasteiger partial charge in [-0.1, -0.05) is 35.9 Å². The molecule has 2 heterocycles. The highest BCUT2D eigenvalue weighted by atomic mass is 35.5. The van der Waals surface area contributed by atoms with E-state index in [4.69, 9.17) is 26.4 Å². The predicted octanol–water partition coefficient (Wildman–Crippen LogP) is 5.65. The fourth-order valence-electron chi connectivity index (χ4n) is 4.15. The molecule has 0 aliphatic heterocycles. The summed E-state index contributed by atoms with van der Waals surface area (Å²) in [5.41, 5.74) is 6.78. The molecule has 2 aromatic carbocycles. The number of aromatic nitrogens is 3. The molecule has 0 saturated carbocycles. The average molecular weight is 477 g/mol. The van der Waals surface area contributed by atoms with Crippen molar-refractivity contribution in [1.29, 1.82) is 0 Å². The van der Waals surface area contributed by atoms with Gasteiger partial charge in [0.1, 0.15) is 0 Å². The summed E-state index contributed by atoms with van der Waals surface area (Å²) in [5.74, 6) is 0.538. The Balaban J connectivity index is 1.60. The number of hydrogen-bond donors (Lipinski definition) is 1. The van der Waals surface area contributed by atoms with Gasteiger partial charge in [-0.15, -0.1) is 0 Å². The van der Waals surface area contributed by atoms with Gasteiger partial charge in [0, 0.05) is 28.9 Å². The van der Waals surface area contributed by atoms with Gasteiger partial charge in [-0.3, -0.25) is 4.79 Å². The van der Waals surface area contributed by atoms with Crippen molar-refractivity contribution in [1.82, 2.24) is 20.1 Å². The van der Waals surface area contributed by atoms with Crippen molar-refractivity contribution < 1.29 is 9.53 Å². The first-order valence-electron chi connectivity index (χ1n) is 11.5. The number of halogens is 1. The van der Waals surface area contributed by atoms with Crippen LogP contribution in [0.2, 0.25) is 5.02 Å². The highest BCUT2D eigenvalue weighted by molar-refractivity contribution is 6.30. The Bertz CT molecular complexity index is 1330. The highest BCUT2D eigenvalue weighted by Gasteiger charge is 2.20. The van der Waals surface area contributed by atoms with Crippen LogP contribution in [0.15, 0.2) is 48.5 Å². The van der Waals surface area contributed by atoms with Gasteiger partial charge < -0.3 is 10.1 Å². The molecule has 0 spiro atoms. The molecule has 7 heteroatoms. The Labute approximate surface area is 204 Å². The van der Waals surface area contributed by atoms with Crippen LogP contribution in [-0.4, -0.2) is 27.3 Å². The van der Waals surface area contributed by atoms with Crippen molar-refractivity contribution in [3.63, 3.8) is 0 Å². The molecule has 0 saturated heterocycles. The molecule has 0 aliphatic carbocycles. The van der Waals surface area contributed by atoms with Crippen molar-refractivity contribution in [3.05, 3.63) is 81.5 Å². The number of pyridine rings is 1. The molecule has 6 nitrogen and oxygen atoms in total. The number of carbonyl (C=O) groups is 1. The number of hydrogen-bond acceptors (Lipinski definition) is 4. The molecule has 4 rings (SSSR count). The summed E-state index contributed by atoms with van der Waals surface area (Å²) in [6, 6.07) is 15.6. The molecule has 0 unspecified atom stereocenters. The van der Waals surface area contributed by atoms with Gasteiger partial charge in [-0.2, -0.15) is 10.1 Å². The Morgan fingerprint density at radius 3 is 2.59 bits per heavy atom. The minimum atomic E-state index is -0.0240. The van der Waals surface area contributed by atoms with Gasteiger partial charge in [0.05, 0.1) is 18.0 Å². The first-order chi connectivity index (χ1) is 16.4. The smallest absolute Gasteiger partial charge is 0.220 e. The molecule has 0 radical (unpaired) electrons. The Kier molecular flexibility index (Phi) is 7.17. The zero-order chi connectivity index (χ0) is 24.2. The lowest BCUT2D eigenvalue weighted by Crippen LogP contribution is -2.23. The molecule has 4 aromatic rings. The Morgan fingerprint density at radius 2 is 1.88 bits per heavy atom. The van der Waals surface area contributed by atoms with Crippen LogP contribution in [0.1, 0.15) is 41.3 Å². The van der Waals surface area contributed by atoms with Crippen LogP contribution < -0.4 is 10.1 Å². The van der Waals surface area contributed by atoms with Gasteiger partial charge in [-0.05, 0) is 75.1 Å². The SMILES string of the molecule is CCOc1nc2c(c(C)nn2-c2cccc(C)c2)c(C)c1CCC(=O)NCc1ccc(Cl)cc1. The summed E-state index contributed by atoms with van der Waals surface area (Å²) in [5, 5.41) is 9.44. The molecule has 0 fully saturated rings. The fourth-order valence-corrected chi connectivity index (χ4v) is 4.28. The summed E-state index contributed by atoms with van der Waals surface area (Å²) in [7, 11) is 0. The van der Waals surface area contributed by atoms with Crippen LogP contribution in [0.3, 0.4) is 0 Å². The summed E-state index contributed by atoms with van der Waals surface area (Å²) in [4.78, 5) is 17.4. The normalized spacial score (nSPS) is 11.1. The maximum absolute atomic E-state index is 12.6. The van der Waals surface area contributed by atoms with Crippen LogP contribution in [0.5, 0.6) is 5.88 Å². The largest absolute Gasteiger partial charge is 0.478 e. The summed E-state index contributed by atoms with van der Waals surface area (Å²) < 4.78 is 7.80. The first kappa shape index (κ1) is 23.8. The minimum Gasteiger partial charge on any atom is -0.478 e. The van der Waals surface area contributed by atoms with Crippen molar-refractivity contribution in [2.24, 2.45) is 0 Å². The fraction of sp³-hybridized carbons (Fsp3) is 0.296. The van der Waals surface area contributed by atoms with E-state index in [0.717, 1.165) is 44.7 Å². The molecular weight excluding hydrogens is 448 g/mol. The predicted molar refractivity (Wildman–Crippen MR) is 136 cm³/mol. The van der Waals surface area contributed by atoms with Crippen molar-refractivity contribution >= 4 is 28.5 Å². The molecule has 0 atom stereocenters. The lowest BCUT2D eigenvalue weighted by Gasteiger charge is -2.14. The zero-order valence-electron chi connectivity index (χ0n) is 20.0. The second kappa shape index (κ2) is 10.3. The number of benzene rings is 2. The summed E-state index contributed by atoms with van der Waals surface area (Å²) in [6.07, 6.45) is 0.873. The van der Waals surface area contributed by atoms with Crippen LogP contribution in [0, 0.1) is 20.8 Å². The second-order valence-corrected chi connectivity index (χ2v) is 8.83. The van der Waals surface area contributed by atoms with Crippen LogP contribution in [-0.2, 0) is 17.8 Å². The van der Waals surface area contributed by atoms with E-state index in [9.17, 15) is 4.79 Å². The summed E-state index contributed by atoms with van der Waals surface area (Å²) >= 11 is 5.93. The third-order valence-electron chi connectivity index (χ3n) is 5.86. The van der Waals surface area contributed by atoms with E-state index >= 15 is 0 Å². The minimum absolute atomic E-state index is 0.0240. The van der Waals surface area contributed by atoms with Crippen molar-refractivity contribution in [2.75, 3.05) is 6.61 Å². The van der Waals surface area contributed by atoms with Crippen molar-refractivity contribution in [3.8, 4) is 11.6 Å². The Hall–Kier alpha value is -3.38. The van der Waals surface area contributed by atoms with Crippen LogP contribution >= 0.6 is 11.6 Å². The standard InChI is InChI=1S/C27H29ClN4O2/c1-5-34-27-23(13-14-24(33)29-16-20-9-11-21(28)12-10-20)18(3)25-19(4)31-32(26(25)30-27)22-8-6-7-17(2)15-22/h6-12,15H,5,13-14,16H2,1-4H3,(H,29,33). The average Bonchev–Trinajstić information content (AvgIpc) is 3.15. The number of nitrogens with zero attached hydrogens (tertiary/aromatic N) is 3. The number of aryl methyl sites for hydroxylation is 3. The number of nitrogens with one attached hydrogen (secondary N) is 1. The highest BCUT2D eigenvalue weighted by Crippen LogP contribution is 2.32. The molecule has 0 aliphatic rings. The molecule has 2 aromatic heterocycles. The molecule has 0 bridgehead atoms. The van der Waals surface area contributed by atoms with Gasteiger partial charge in [0.25, 0.3) is 0 Å².